The molecule has 0 spiro atoms. The van der Waals surface area contributed by atoms with E-state index in [4.69, 9.17) is 10.9 Å². The summed E-state index contributed by atoms with van der Waals surface area (Å²) >= 11 is 3.30. The minimum Gasteiger partial charge on any atom is -0.409 e. The zero-order valence-electron chi connectivity index (χ0n) is 10.5. The molecule has 0 atom stereocenters. The Balaban J connectivity index is 2.08. The van der Waals surface area contributed by atoms with Crippen LogP contribution in [0.2, 0.25) is 0 Å². The molecule has 0 radical (unpaired) electrons. The van der Waals surface area contributed by atoms with Gasteiger partial charge in [0.05, 0.1) is 5.69 Å². The van der Waals surface area contributed by atoms with Crippen molar-refractivity contribution >= 4 is 27.5 Å². The summed E-state index contributed by atoms with van der Waals surface area (Å²) in [7, 11) is 0. The maximum absolute atomic E-state index is 13.6. The van der Waals surface area contributed by atoms with Gasteiger partial charge in [-0.25, -0.2) is 4.39 Å². The van der Waals surface area contributed by atoms with Crippen LogP contribution in [0.5, 0.6) is 0 Å². The number of para-hydroxylation sites is 1. The van der Waals surface area contributed by atoms with Crippen molar-refractivity contribution in [2.45, 2.75) is 6.54 Å². The molecule has 20 heavy (non-hydrogen) atoms. The fraction of sp³-hybridized carbons (Fsp3) is 0.0714. The molecule has 6 heteroatoms. The zero-order valence-corrected chi connectivity index (χ0v) is 12.1. The summed E-state index contributed by atoms with van der Waals surface area (Å²) in [5, 5.41) is 14.5. The Morgan fingerprint density at radius 1 is 1.25 bits per heavy atom. The lowest BCUT2D eigenvalue weighted by Crippen LogP contribution is -2.13. The van der Waals surface area contributed by atoms with Crippen molar-refractivity contribution in [1.29, 1.82) is 0 Å². The molecule has 2 aromatic carbocycles. The minimum atomic E-state index is -0.312. The van der Waals surface area contributed by atoms with E-state index < -0.39 is 0 Å². The lowest BCUT2D eigenvalue weighted by atomic mass is 10.1. The number of amidine groups is 1. The van der Waals surface area contributed by atoms with Crippen LogP contribution >= 0.6 is 15.9 Å². The van der Waals surface area contributed by atoms with E-state index in [1.54, 1.807) is 24.3 Å². The third-order valence-electron chi connectivity index (χ3n) is 2.79. The van der Waals surface area contributed by atoms with Crippen LogP contribution in [0, 0.1) is 5.82 Å². The van der Waals surface area contributed by atoms with Gasteiger partial charge in [0.2, 0.25) is 0 Å². The zero-order chi connectivity index (χ0) is 14.5. The van der Waals surface area contributed by atoms with Crippen molar-refractivity contribution in [3.05, 3.63) is 63.9 Å². The maximum atomic E-state index is 13.6. The van der Waals surface area contributed by atoms with E-state index >= 15 is 0 Å². The molecule has 0 aromatic heterocycles. The Labute approximate surface area is 124 Å². The number of nitrogens with one attached hydrogen (secondary N) is 1. The van der Waals surface area contributed by atoms with Crippen LogP contribution in [0.4, 0.5) is 10.1 Å². The molecule has 0 aliphatic rings. The first-order valence-electron chi connectivity index (χ1n) is 5.86. The SMILES string of the molecule is N/C(=N/O)c1ccc(CNc2c(F)cccc2Br)cc1. The largest absolute Gasteiger partial charge is 0.409 e. The Morgan fingerprint density at radius 2 is 1.95 bits per heavy atom. The summed E-state index contributed by atoms with van der Waals surface area (Å²) < 4.78 is 14.3. The highest BCUT2D eigenvalue weighted by Crippen LogP contribution is 2.25. The third kappa shape index (κ3) is 3.27. The maximum Gasteiger partial charge on any atom is 0.170 e. The van der Waals surface area contributed by atoms with Crippen LogP contribution in [-0.2, 0) is 6.54 Å². The van der Waals surface area contributed by atoms with Gasteiger partial charge in [0, 0.05) is 16.6 Å². The number of halogens is 2. The van der Waals surface area contributed by atoms with E-state index in [0.717, 1.165) is 5.56 Å². The van der Waals surface area contributed by atoms with Crippen molar-refractivity contribution in [2.24, 2.45) is 10.9 Å². The highest BCUT2D eigenvalue weighted by Gasteiger charge is 2.06. The van der Waals surface area contributed by atoms with Crippen molar-refractivity contribution in [1.82, 2.24) is 0 Å². The molecular formula is C14H13BrFN3O. The topological polar surface area (TPSA) is 70.6 Å². The van der Waals surface area contributed by atoms with Crippen LogP contribution in [0.25, 0.3) is 0 Å². The lowest BCUT2D eigenvalue weighted by molar-refractivity contribution is 0.318. The molecule has 2 aromatic rings. The summed E-state index contributed by atoms with van der Waals surface area (Å²) in [6.07, 6.45) is 0. The molecule has 0 aliphatic heterocycles. The number of hydrogen-bond donors (Lipinski definition) is 3. The van der Waals surface area contributed by atoms with E-state index in [2.05, 4.69) is 26.4 Å². The van der Waals surface area contributed by atoms with Gasteiger partial charge in [0.1, 0.15) is 5.82 Å². The fourth-order valence-corrected chi connectivity index (χ4v) is 2.19. The second kappa shape index (κ2) is 6.38. The standard InChI is InChI=1S/C14H13BrFN3O/c15-11-2-1-3-12(16)13(11)18-8-9-4-6-10(7-5-9)14(17)19-20/h1-7,18,20H,8H2,(H2,17,19). The number of rotatable bonds is 4. The molecule has 0 amide bonds. The number of anilines is 1. The van der Waals surface area contributed by atoms with Gasteiger partial charge in [0.25, 0.3) is 0 Å². The molecular weight excluding hydrogens is 325 g/mol. The van der Waals surface area contributed by atoms with E-state index in [9.17, 15) is 4.39 Å². The summed E-state index contributed by atoms with van der Waals surface area (Å²) in [6.45, 7) is 0.468. The van der Waals surface area contributed by atoms with Crippen LogP contribution in [0.1, 0.15) is 11.1 Å². The van der Waals surface area contributed by atoms with Crippen LogP contribution < -0.4 is 11.1 Å². The van der Waals surface area contributed by atoms with E-state index in [1.807, 2.05) is 12.1 Å². The van der Waals surface area contributed by atoms with Gasteiger partial charge in [-0.1, -0.05) is 35.5 Å². The number of nitrogens with two attached hydrogens (primary N) is 1. The Bertz CT molecular complexity index is 609. The highest BCUT2D eigenvalue weighted by molar-refractivity contribution is 9.10. The normalized spacial score (nSPS) is 11.4. The Hall–Kier alpha value is -2.08. The predicted octanol–water partition coefficient (Wildman–Crippen LogP) is 3.29. The molecule has 0 unspecified atom stereocenters. The number of nitrogens with zero attached hydrogens (tertiary/aromatic N) is 1. The Kier molecular flexibility index (Phi) is 4.57. The third-order valence-corrected chi connectivity index (χ3v) is 3.45. The van der Waals surface area contributed by atoms with Crippen molar-refractivity contribution in [3.63, 3.8) is 0 Å². The second-order valence-corrected chi connectivity index (χ2v) is 4.99. The van der Waals surface area contributed by atoms with E-state index in [1.165, 1.54) is 6.07 Å². The van der Waals surface area contributed by atoms with Crippen LogP contribution in [0.3, 0.4) is 0 Å². The average Bonchev–Trinajstić information content (AvgIpc) is 2.46. The number of hydrogen-bond acceptors (Lipinski definition) is 3. The average molecular weight is 338 g/mol. The smallest absolute Gasteiger partial charge is 0.170 e. The number of oxime groups is 1. The Morgan fingerprint density at radius 3 is 2.55 bits per heavy atom. The summed E-state index contributed by atoms with van der Waals surface area (Å²) in [5.41, 5.74) is 7.48. The molecule has 0 fully saturated rings. The fourth-order valence-electron chi connectivity index (χ4n) is 1.71. The summed E-state index contributed by atoms with van der Waals surface area (Å²) in [6, 6.07) is 11.9. The molecule has 4 N–H and O–H groups in total. The van der Waals surface area contributed by atoms with Gasteiger partial charge < -0.3 is 16.3 Å². The molecule has 0 bridgehead atoms. The second-order valence-electron chi connectivity index (χ2n) is 4.13. The monoisotopic (exact) mass is 337 g/mol. The van der Waals surface area contributed by atoms with Gasteiger partial charge in [-0.05, 0) is 33.6 Å². The van der Waals surface area contributed by atoms with Crippen molar-refractivity contribution in [3.8, 4) is 0 Å². The molecule has 0 aliphatic carbocycles. The first-order valence-corrected chi connectivity index (χ1v) is 6.66. The highest BCUT2D eigenvalue weighted by atomic mass is 79.9. The van der Waals surface area contributed by atoms with Gasteiger partial charge >= 0.3 is 0 Å². The van der Waals surface area contributed by atoms with Crippen LogP contribution in [-0.4, -0.2) is 11.0 Å². The van der Waals surface area contributed by atoms with E-state index in [-0.39, 0.29) is 11.7 Å². The number of benzene rings is 2. The molecule has 0 saturated heterocycles. The minimum absolute atomic E-state index is 0.0568. The van der Waals surface area contributed by atoms with Gasteiger partial charge in [-0.2, -0.15) is 0 Å². The van der Waals surface area contributed by atoms with Crippen molar-refractivity contribution in [2.75, 3.05) is 5.32 Å². The molecule has 104 valence electrons. The van der Waals surface area contributed by atoms with Gasteiger partial charge in [-0.3, -0.25) is 0 Å². The predicted molar refractivity (Wildman–Crippen MR) is 80.4 cm³/mol. The molecule has 4 nitrogen and oxygen atoms in total. The first-order chi connectivity index (χ1) is 9.61. The van der Waals surface area contributed by atoms with Crippen molar-refractivity contribution < 1.29 is 9.60 Å². The first kappa shape index (κ1) is 14.3. The molecule has 0 heterocycles. The quantitative estimate of drug-likeness (QED) is 0.347. The van der Waals surface area contributed by atoms with E-state index in [0.29, 0.717) is 22.3 Å². The molecule has 0 saturated carbocycles. The van der Waals surface area contributed by atoms with Gasteiger partial charge in [-0.15, -0.1) is 0 Å². The summed E-state index contributed by atoms with van der Waals surface area (Å²) in [4.78, 5) is 0. The summed E-state index contributed by atoms with van der Waals surface area (Å²) in [5.74, 6) is -0.256. The molecule has 2 rings (SSSR count). The van der Waals surface area contributed by atoms with Crippen LogP contribution in [0.15, 0.2) is 52.1 Å². The lowest BCUT2D eigenvalue weighted by Gasteiger charge is -2.10. The van der Waals surface area contributed by atoms with Gasteiger partial charge in [0.15, 0.2) is 5.84 Å².